The molecule has 1 aliphatic heterocycles. The van der Waals surface area contributed by atoms with Gasteiger partial charge in [0.1, 0.15) is 11.6 Å². The summed E-state index contributed by atoms with van der Waals surface area (Å²) in [5, 5.41) is 6.68. The van der Waals surface area contributed by atoms with Gasteiger partial charge in [-0.25, -0.2) is 9.38 Å². The van der Waals surface area contributed by atoms with E-state index in [1.807, 2.05) is 12.1 Å². The van der Waals surface area contributed by atoms with Gasteiger partial charge in [-0.1, -0.05) is 23.7 Å². The van der Waals surface area contributed by atoms with Gasteiger partial charge >= 0.3 is 0 Å². The fourth-order valence-electron chi connectivity index (χ4n) is 2.35. The Labute approximate surface area is 168 Å². The van der Waals surface area contributed by atoms with E-state index in [0.717, 1.165) is 17.7 Å². The number of guanidine groups is 2. The fraction of sp³-hybridized carbons (Fsp3) is 0.222. The molecule has 2 aromatic rings. The van der Waals surface area contributed by atoms with Crippen LogP contribution in [0.5, 0.6) is 5.75 Å². The van der Waals surface area contributed by atoms with Gasteiger partial charge in [0.25, 0.3) is 0 Å². The molecule has 0 radical (unpaired) electrons. The van der Waals surface area contributed by atoms with Crippen molar-refractivity contribution in [3.8, 4) is 5.75 Å². The third kappa shape index (κ3) is 6.30. The van der Waals surface area contributed by atoms with Gasteiger partial charge in [0.15, 0.2) is 18.1 Å². The largest absolute Gasteiger partial charge is 0.494 e. The van der Waals surface area contributed by atoms with Crippen LogP contribution in [0.1, 0.15) is 18.2 Å². The van der Waals surface area contributed by atoms with Gasteiger partial charge in [-0.05, 0) is 42.0 Å². The summed E-state index contributed by atoms with van der Waals surface area (Å²) in [6, 6.07) is 13.3. The van der Waals surface area contributed by atoms with E-state index in [1.165, 1.54) is 12.1 Å². The number of hydrogen-bond donors (Lipinski definition) is 3. The van der Waals surface area contributed by atoms with Gasteiger partial charge in [0, 0.05) is 18.0 Å². The van der Waals surface area contributed by atoms with Gasteiger partial charge in [0.05, 0.1) is 6.61 Å². The first-order valence-electron chi connectivity index (χ1n) is 8.15. The Morgan fingerprint density at radius 1 is 1.15 bits per heavy atom. The summed E-state index contributed by atoms with van der Waals surface area (Å²) < 4.78 is 18.7. The first-order valence-corrected chi connectivity index (χ1v) is 8.53. The number of aliphatic imine (C=N–C) groups is 2. The maximum atomic E-state index is 13.1. The van der Waals surface area contributed by atoms with Crippen LogP contribution >= 0.6 is 24.0 Å². The molecule has 1 heterocycles. The molecule has 0 aromatic heterocycles. The maximum Gasteiger partial charge on any atom is 0.200 e. The Bertz CT molecular complexity index is 796. The average molecular weight is 412 g/mol. The van der Waals surface area contributed by atoms with Crippen LogP contribution < -0.4 is 21.1 Å². The van der Waals surface area contributed by atoms with E-state index < -0.39 is 6.17 Å². The lowest BCUT2D eigenvalue weighted by molar-refractivity contribution is 0.313. The molecule has 9 heteroatoms. The molecule has 1 aliphatic rings. The Hall–Kier alpha value is -2.51. The normalized spacial score (nSPS) is 17.3. The predicted octanol–water partition coefficient (Wildman–Crippen LogP) is 3.23. The molecule has 0 saturated heterocycles. The number of nitrogens with one attached hydrogen (secondary N) is 2. The standard InChI is InChI=1S/C18H19ClFN5O.ClH/c19-13-4-8-15(9-5-13)26-11-1-10-22-18-24-16(23-17(21)25-18)12-2-6-14(20)7-3-12;/h2-9,16H,1,10-11H2,(H4,21,22,23,24,25);1H. The number of halogens is 3. The van der Waals surface area contributed by atoms with Gasteiger partial charge < -0.3 is 15.8 Å². The zero-order valence-corrected chi connectivity index (χ0v) is 15.9. The van der Waals surface area contributed by atoms with Crippen molar-refractivity contribution in [1.29, 1.82) is 0 Å². The highest BCUT2D eigenvalue weighted by atomic mass is 35.5. The highest BCUT2D eigenvalue weighted by Gasteiger charge is 2.18. The molecule has 0 aliphatic carbocycles. The summed E-state index contributed by atoms with van der Waals surface area (Å²) in [5.74, 6) is 1.26. The minimum atomic E-state index is -0.402. The van der Waals surface area contributed by atoms with Gasteiger partial charge in [-0.15, -0.1) is 12.4 Å². The highest BCUT2D eigenvalue weighted by Crippen LogP contribution is 2.17. The molecule has 0 spiro atoms. The van der Waals surface area contributed by atoms with Crippen molar-refractivity contribution in [3.05, 3.63) is 64.9 Å². The van der Waals surface area contributed by atoms with Crippen LogP contribution in [0.15, 0.2) is 58.5 Å². The van der Waals surface area contributed by atoms with Crippen LogP contribution in [-0.4, -0.2) is 25.1 Å². The van der Waals surface area contributed by atoms with Crippen LogP contribution in [0.3, 0.4) is 0 Å². The number of nitrogens with two attached hydrogens (primary N) is 1. The monoisotopic (exact) mass is 411 g/mol. The molecule has 0 amide bonds. The van der Waals surface area contributed by atoms with E-state index in [-0.39, 0.29) is 24.2 Å². The molecule has 27 heavy (non-hydrogen) atoms. The van der Waals surface area contributed by atoms with Crippen molar-refractivity contribution in [3.63, 3.8) is 0 Å². The van der Waals surface area contributed by atoms with E-state index in [0.29, 0.717) is 24.1 Å². The van der Waals surface area contributed by atoms with Gasteiger partial charge in [0.2, 0.25) is 0 Å². The van der Waals surface area contributed by atoms with E-state index in [1.54, 1.807) is 24.3 Å². The van der Waals surface area contributed by atoms with Crippen LogP contribution in [0.4, 0.5) is 4.39 Å². The predicted molar refractivity (Wildman–Crippen MR) is 108 cm³/mol. The summed E-state index contributed by atoms with van der Waals surface area (Å²) >= 11 is 5.83. The van der Waals surface area contributed by atoms with Gasteiger partial charge in [-0.2, -0.15) is 0 Å². The number of ether oxygens (including phenoxy) is 1. The lowest BCUT2D eigenvalue weighted by atomic mass is 10.1. The third-order valence-electron chi connectivity index (χ3n) is 3.63. The van der Waals surface area contributed by atoms with Crippen LogP contribution in [0.2, 0.25) is 5.02 Å². The molecule has 1 unspecified atom stereocenters. The Morgan fingerprint density at radius 2 is 1.85 bits per heavy atom. The average Bonchev–Trinajstić information content (AvgIpc) is 2.63. The number of rotatable bonds is 6. The second-order valence-corrected chi connectivity index (χ2v) is 6.06. The molecule has 144 valence electrons. The lowest BCUT2D eigenvalue weighted by Crippen LogP contribution is -2.50. The van der Waals surface area contributed by atoms with Crippen LogP contribution in [0.25, 0.3) is 0 Å². The minimum Gasteiger partial charge on any atom is -0.494 e. The molecule has 3 rings (SSSR count). The Morgan fingerprint density at radius 3 is 2.56 bits per heavy atom. The van der Waals surface area contributed by atoms with E-state index >= 15 is 0 Å². The van der Waals surface area contributed by atoms with Crippen molar-refractivity contribution in [2.24, 2.45) is 15.7 Å². The second kappa shape index (κ2) is 9.99. The van der Waals surface area contributed by atoms with Crippen LogP contribution in [0, 0.1) is 5.82 Å². The van der Waals surface area contributed by atoms with E-state index in [9.17, 15) is 4.39 Å². The highest BCUT2D eigenvalue weighted by molar-refractivity contribution is 6.30. The quantitative estimate of drug-likeness (QED) is 0.637. The zero-order chi connectivity index (χ0) is 18.4. The SMILES string of the molecule is Cl.NC1=NC(c2ccc(F)cc2)NC(=NCCCOc2ccc(Cl)cc2)N1. The zero-order valence-electron chi connectivity index (χ0n) is 14.4. The third-order valence-corrected chi connectivity index (χ3v) is 3.88. The Kier molecular flexibility index (Phi) is 7.69. The minimum absolute atomic E-state index is 0. The first-order chi connectivity index (χ1) is 12.6. The van der Waals surface area contributed by atoms with Crippen molar-refractivity contribution in [2.45, 2.75) is 12.6 Å². The maximum absolute atomic E-state index is 13.1. The summed E-state index contributed by atoms with van der Waals surface area (Å²) in [6.07, 6.45) is 0.328. The summed E-state index contributed by atoms with van der Waals surface area (Å²) in [5.41, 5.74) is 6.61. The Balaban J connectivity index is 0.00000261. The summed E-state index contributed by atoms with van der Waals surface area (Å²) in [4.78, 5) is 8.69. The molecule has 0 fully saturated rings. The van der Waals surface area contributed by atoms with E-state index in [2.05, 4.69) is 20.6 Å². The van der Waals surface area contributed by atoms with Gasteiger partial charge in [-0.3, -0.25) is 10.3 Å². The van der Waals surface area contributed by atoms with E-state index in [4.69, 9.17) is 22.1 Å². The summed E-state index contributed by atoms with van der Waals surface area (Å²) in [6.45, 7) is 1.08. The molecule has 4 N–H and O–H groups in total. The van der Waals surface area contributed by atoms with Crippen LogP contribution in [-0.2, 0) is 0 Å². The molecular weight excluding hydrogens is 392 g/mol. The van der Waals surface area contributed by atoms with Crippen molar-refractivity contribution in [1.82, 2.24) is 10.6 Å². The van der Waals surface area contributed by atoms with Crippen molar-refractivity contribution in [2.75, 3.05) is 13.2 Å². The second-order valence-electron chi connectivity index (χ2n) is 5.62. The molecule has 1 atom stereocenters. The molecule has 6 nitrogen and oxygen atoms in total. The number of hydrogen-bond acceptors (Lipinski definition) is 4. The molecule has 0 bridgehead atoms. The molecule has 0 saturated carbocycles. The smallest absolute Gasteiger partial charge is 0.200 e. The lowest BCUT2D eigenvalue weighted by Gasteiger charge is -2.24. The van der Waals surface area contributed by atoms with Crippen molar-refractivity contribution >= 4 is 35.9 Å². The first kappa shape index (κ1) is 20.8. The van der Waals surface area contributed by atoms with Crippen molar-refractivity contribution < 1.29 is 9.13 Å². The summed E-state index contributed by atoms with van der Waals surface area (Å²) in [7, 11) is 0. The number of benzene rings is 2. The topological polar surface area (TPSA) is 84.0 Å². The number of nitrogens with zero attached hydrogens (tertiary/aromatic N) is 2. The fourth-order valence-corrected chi connectivity index (χ4v) is 2.48. The molecular formula is C18H20Cl2FN5O. The molecule has 2 aromatic carbocycles.